The minimum absolute atomic E-state index is 0.806. The van der Waals surface area contributed by atoms with E-state index < -0.39 is 0 Å². The van der Waals surface area contributed by atoms with Crippen molar-refractivity contribution in [2.45, 2.75) is 52.4 Å². The summed E-state index contributed by atoms with van der Waals surface area (Å²) in [6.45, 7) is 8.57. The number of nitrogens with zero attached hydrogens (tertiary/aromatic N) is 1. The molecule has 15 heavy (non-hydrogen) atoms. The Morgan fingerprint density at radius 2 is 2.33 bits per heavy atom. The molecule has 1 atom stereocenters. The van der Waals surface area contributed by atoms with Gasteiger partial charge >= 0.3 is 0 Å². The highest BCUT2D eigenvalue weighted by atomic mass is 14.7. The van der Waals surface area contributed by atoms with Crippen molar-refractivity contribution in [1.29, 1.82) is 0 Å². The zero-order chi connectivity index (χ0) is 11.1. The van der Waals surface area contributed by atoms with Crippen LogP contribution in [0.25, 0.3) is 0 Å². The van der Waals surface area contributed by atoms with Crippen molar-refractivity contribution in [3.63, 3.8) is 0 Å². The van der Waals surface area contributed by atoms with Gasteiger partial charge in [0.2, 0.25) is 0 Å². The summed E-state index contributed by atoms with van der Waals surface area (Å²) < 4.78 is 0. The van der Waals surface area contributed by atoms with Gasteiger partial charge in [-0.05, 0) is 31.6 Å². The van der Waals surface area contributed by atoms with Crippen LogP contribution in [-0.2, 0) is 0 Å². The first-order chi connectivity index (χ1) is 7.26. The van der Waals surface area contributed by atoms with Gasteiger partial charge in [-0.25, -0.2) is 0 Å². The molecule has 0 amide bonds. The highest BCUT2D eigenvalue weighted by Gasteiger charge is 2.10. The van der Waals surface area contributed by atoms with Crippen LogP contribution in [0.1, 0.15) is 52.4 Å². The fourth-order valence-electron chi connectivity index (χ4n) is 1.94. The third kappa shape index (κ3) is 4.46. The molecule has 1 unspecified atom stereocenters. The van der Waals surface area contributed by atoms with Gasteiger partial charge in [0.25, 0.3) is 0 Å². The lowest BCUT2D eigenvalue weighted by Gasteiger charge is -2.15. The molecule has 1 heterocycles. The normalized spacial score (nSPS) is 16.5. The molecule has 0 bridgehead atoms. The van der Waals surface area contributed by atoms with E-state index in [9.17, 15) is 0 Å². The first kappa shape index (κ1) is 12.2. The van der Waals surface area contributed by atoms with Crippen LogP contribution in [0, 0.1) is 5.92 Å². The summed E-state index contributed by atoms with van der Waals surface area (Å²) in [5.41, 5.74) is 2.75. The van der Waals surface area contributed by atoms with Crippen LogP contribution in [0.15, 0.2) is 29.4 Å². The summed E-state index contributed by atoms with van der Waals surface area (Å²) in [4.78, 5) is 4.35. The van der Waals surface area contributed by atoms with Gasteiger partial charge in [-0.1, -0.05) is 38.5 Å². The van der Waals surface area contributed by atoms with Crippen LogP contribution in [0.3, 0.4) is 0 Å². The SMILES string of the molecule is C=C(CC)CC(CC)CCC1=NC=CC1. The van der Waals surface area contributed by atoms with Crippen LogP contribution in [0.2, 0.25) is 0 Å². The molecule has 1 heteroatoms. The minimum Gasteiger partial charge on any atom is -0.266 e. The number of allylic oxidation sites excluding steroid dienone is 2. The number of aliphatic imine (C=N–C) groups is 1. The standard InChI is InChI=1S/C14H23N/c1-4-12(3)11-13(5-2)8-9-14-7-6-10-15-14/h6,10,13H,3-5,7-9,11H2,1-2H3. The second-order valence-corrected chi connectivity index (χ2v) is 4.40. The molecule has 0 aromatic heterocycles. The predicted octanol–water partition coefficient (Wildman–Crippen LogP) is 4.51. The maximum atomic E-state index is 4.35. The van der Waals surface area contributed by atoms with E-state index in [0.29, 0.717) is 0 Å². The van der Waals surface area contributed by atoms with Gasteiger partial charge in [0.15, 0.2) is 0 Å². The van der Waals surface area contributed by atoms with E-state index >= 15 is 0 Å². The van der Waals surface area contributed by atoms with E-state index in [2.05, 4.69) is 31.5 Å². The van der Waals surface area contributed by atoms with Crippen LogP contribution < -0.4 is 0 Å². The minimum atomic E-state index is 0.806. The molecule has 0 saturated carbocycles. The van der Waals surface area contributed by atoms with Gasteiger partial charge in [-0.15, -0.1) is 0 Å². The summed E-state index contributed by atoms with van der Waals surface area (Å²) in [5, 5.41) is 0. The molecule has 0 N–H and O–H groups in total. The predicted molar refractivity (Wildman–Crippen MR) is 68.3 cm³/mol. The Morgan fingerprint density at radius 1 is 1.53 bits per heavy atom. The van der Waals surface area contributed by atoms with Gasteiger partial charge in [0, 0.05) is 18.3 Å². The van der Waals surface area contributed by atoms with Crippen LogP contribution in [0.4, 0.5) is 0 Å². The molecule has 1 rings (SSSR count). The Morgan fingerprint density at radius 3 is 2.87 bits per heavy atom. The molecule has 1 aliphatic heterocycles. The van der Waals surface area contributed by atoms with Crippen LogP contribution >= 0.6 is 0 Å². The van der Waals surface area contributed by atoms with E-state index in [1.54, 1.807) is 0 Å². The smallest absolute Gasteiger partial charge is 0.0231 e. The molecule has 0 radical (unpaired) electrons. The highest BCUT2D eigenvalue weighted by molar-refractivity contribution is 5.87. The Hall–Kier alpha value is -0.850. The summed E-state index contributed by atoms with van der Waals surface area (Å²) in [6, 6.07) is 0. The fourth-order valence-corrected chi connectivity index (χ4v) is 1.94. The average Bonchev–Trinajstić information content (AvgIpc) is 2.76. The quantitative estimate of drug-likeness (QED) is 0.542. The molecule has 1 nitrogen and oxygen atoms in total. The third-order valence-corrected chi connectivity index (χ3v) is 3.21. The van der Waals surface area contributed by atoms with E-state index in [0.717, 1.165) is 18.8 Å². The Kier molecular flexibility index (Phi) is 5.38. The molecule has 0 saturated heterocycles. The third-order valence-electron chi connectivity index (χ3n) is 3.21. The molecule has 0 aromatic rings. The van der Waals surface area contributed by atoms with Crippen molar-refractivity contribution in [3.8, 4) is 0 Å². The highest BCUT2D eigenvalue weighted by Crippen LogP contribution is 2.22. The Balaban J connectivity index is 2.24. The van der Waals surface area contributed by atoms with E-state index in [1.807, 2.05) is 6.20 Å². The molecule has 0 fully saturated rings. The van der Waals surface area contributed by atoms with E-state index in [4.69, 9.17) is 0 Å². The topological polar surface area (TPSA) is 12.4 Å². The van der Waals surface area contributed by atoms with Gasteiger partial charge in [0.05, 0.1) is 0 Å². The molecule has 0 aromatic carbocycles. The van der Waals surface area contributed by atoms with Crippen molar-refractivity contribution < 1.29 is 0 Å². The summed E-state index contributed by atoms with van der Waals surface area (Å²) >= 11 is 0. The second-order valence-electron chi connectivity index (χ2n) is 4.40. The van der Waals surface area contributed by atoms with E-state index in [-0.39, 0.29) is 0 Å². The van der Waals surface area contributed by atoms with Crippen molar-refractivity contribution in [2.24, 2.45) is 10.9 Å². The Bertz CT molecular complexity index is 261. The van der Waals surface area contributed by atoms with Crippen molar-refractivity contribution in [1.82, 2.24) is 0 Å². The van der Waals surface area contributed by atoms with Crippen molar-refractivity contribution in [2.75, 3.05) is 0 Å². The maximum Gasteiger partial charge on any atom is 0.0231 e. The first-order valence-corrected chi connectivity index (χ1v) is 6.13. The van der Waals surface area contributed by atoms with E-state index in [1.165, 1.54) is 37.0 Å². The van der Waals surface area contributed by atoms with Crippen LogP contribution in [-0.4, -0.2) is 5.71 Å². The summed E-state index contributed by atoms with van der Waals surface area (Å²) in [6.07, 6.45) is 11.2. The van der Waals surface area contributed by atoms with Crippen LogP contribution in [0.5, 0.6) is 0 Å². The number of hydrogen-bond donors (Lipinski definition) is 0. The lowest BCUT2D eigenvalue weighted by atomic mass is 9.91. The molecular formula is C14H23N. The Labute approximate surface area is 94.0 Å². The lowest BCUT2D eigenvalue weighted by molar-refractivity contribution is 0.471. The van der Waals surface area contributed by atoms with Crippen molar-refractivity contribution >= 4 is 5.71 Å². The average molecular weight is 205 g/mol. The maximum absolute atomic E-state index is 4.35. The first-order valence-electron chi connectivity index (χ1n) is 6.13. The zero-order valence-corrected chi connectivity index (χ0v) is 10.1. The summed E-state index contributed by atoms with van der Waals surface area (Å²) in [5.74, 6) is 0.806. The molecule has 1 aliphatic rings. The second kappa shape index (κ2) is 6.60. The zero-order valence-electron chi connectivity index (χ0n) is 10.1. The van der Waals surface area contributed by atoms with Gasteiger partial charge in [-0.2, -0.15) is 0 Å². The molecular weight excluding hydrogens is 182 g/mol. The number of hydrogen-bond acceptors (Lipinski definition) is 1. The molecule has 0 spiro atoms. The largest absolute Gasteiger partial charge is 0.266 e. The number of rotatable bonds is 7. The van der Waals surface area contributed by atoms with Crippen molar-refractivity contribution in [3.05, 3.63) is 24.4 Å². The lowest BCUT2D eigenvalue weighted by Crippen LogP contribution is -2.04. The summed E-state index contributed by atoms with van der Waals surface area (Å²) in [7, 11) is 0. The fraction of sp³-hybridized carbons (Fsp3) is 0.643. The monoisotopic (exact) mass is 205 g/mol. The van der Waals surface area contributed by atoms with Gasteiger partial charge in [-0.3, -0.25) is 4.99 Å². The van der Waals surface area contributed by atoms with Gasteiger partial charge < -0.3 is 0 Å². The molecule has 0 aliphatic carbocycles. The molecule has 84 valence electrons. The van der Waals surface area contributed by atoms with Gasteiger partial charge in [0.1, 0.15) is 0 Å².